The molecule has 3 heteroatoms. The Kier molecular flexibility index (Phi) is 3.28. The topological polar surface area (TPSA) is 45.1 Å². The fourth-order valence-electron chi connectivity index (χ4n) is 1.80. The molecular formula is C14H16N2O. The van der Waals surface area contributed by atoms with Crippen molar-refractivity contribution in [3.63, 3.8) is 0 Å². The van der Waals surface area contributed by atoms with Crippen molar-refractivity contribution < 1.29 is 5.11 Å². The van der Waals surface area contributed by atoms with Gasteiger partial charge in [-0.1, -0.05) is 17.7 Å². The van der Waals surface area contributed by atoms with E-state index in [-0.39, 0.29) is 6.04 Å². The molecule has 1 aromatic heterocycles. The van der Waals surface area contributed by atoms with Crippen LogP contribution in [0.2, 0.25) is 0 Å². The number of hydrogen-bond acceptors (Lipinski definition) is 3. The standard InChI is InChI=1S/C14H16N2O/c1-10-5-6-14(17)13(8-10)11(2)16-12-4-3-7-15-9-12/h3-9,11,16-17H,1-2H3. The molecule has 0 radical (unpaired) electrons. The highest BCUT2D eigenvalue weighted by Crippen LogP contribution is 2.27. The van der Waals surface area contributed by atoms with Crippen LogP contribution >= 0.6 is 0 Å². The monoisotopic (exact) mass is 228 g/mol. The molecule has 2 rings (SSSR count). The van der Waals surface area contributed by atoms with Gasteiger partial charge in [0.1, 0.15) is 5.75 Å². The predicted molar refractivity (Wildman–Crippen MR) is 69.1 cm³/mol. The first-order valence-corrected chi connectivity index (χ1v) is 5.63. The molecule has 0 aliphatic rings. The van der Waals surface area contributed by atoms with Gasteiger partial charge in [-0.05, 0) is 32.0 Å². The van der Waals surface area contributed by atoms with Crippen LogP contribution in [0.3, 0.4) is 0 Å². The van der Waals surface area contributed by atoms with Crippen molar-refractivity contribution in [2.24, 2.45) is 0 Å². The number of nitrogens with zero attached hydrogens (tertiary/aromatic N) is 1. The maximum atomic E-state index is 9.83. The molecule has 3 nitrogen and oxygen atoms in total. The Bertz CT molecular complexity index is 497. The molecule has 2 aromatic rings. The van der Waals surface area contributed by atoms with Gasteiger partial charge >= 0.3 is 0 Å². The number of anilines is 1. The van der Waals surface area contributed by atoms with Crippen LogP contribution in [0.25, 0.3) is 0 Å². The average molecular weight is 228 g/mol. The van der Waals surface area contributed by atoms with E-state index in [0.717, 1.165) is 16.8 Å². The lowest BCUT2D eigenvalue weighted by Gasteiger charge is -2.17. The van der Waals surface area contributed by atoms with Gasteiger partial charge in [-0.25, -0.2) is 0 Å². The van der Waals surface area contributed by atoms with Crippen LogP contribution in [0.1, 0.15) is 24.1 Å². The fraction of sp³-hybridized carbons (Fsp3) is 0.214. The van der Waals surface area contributed by atoms with Crippen LogP contribution in [-0.4, -0.2) is 10.1 Å². The van der Waals surface area contributed by atoms with Gasteiger partial charge in [-0.15, -0.1) is 0 Å². The summed E-state index contributed by atoms with van der Waals surface area (Å²) in [4.78, 5) is 4.05. The normalized spacial score (nSPS) is 12.1. The number of nitrogens with one attached hydrogen (secondary N) is 1. The minimum absolute atomic E-state index is 0.0408. The molecule has 0 aliphatic heterocycles. The van der Waals surface area contributed by atoms with Crippen LogP contribution in [0.15, 0.2) is 42.7 Å². The van der Waals surface area contributed by atoms with Crippen molar-refractivity contribution in [3.8, 4) is 5.75 Å². The molecule has 17 heavy (non-hydrogen) atoms. The van der Waals surface area contributed by atoms with E-state index in [2.05, 4.69) is 10.3 Å². The molecule has 0 bridgehead atoms. The Morgan fingerprint density at radius 3 is 2.82 bits per heavy atom. The molecule has 2 N–H and O–H groups in total. The highest BCUT2D eigenvalue weighted by molar-refractivity contribution is 5.46. The Labute approximate surface area is 101 Å². The lowest BCUT2D eigenvalue weighted by atomic mass is 10.0. The van der Waals surface area contributed by atoms with Crippen molar-refractivity contribution in [2.45, 2.75) is 19.9 Å². The smallest absolute Gasteiger partial charge is 0.120 e. The third kappa shape index (κ3) is 2.75. The van der Waals surface area contributed by atoms with E-state index in [1.807, 2.05) is 38.1 Å². The number of benzene rings is 1. The molecule has 0 fully saturated rings. The summed E-state index contributed by atoms with van der Waals surface area (Å²) in [6.07, 6.45) is 3.50. The second-order valence-electron chi connectivity index (χ2n) is 4.17. The number of phenolic OH excluding ortho intramolecular Hbond substituents is 1. The van der Waals surface area contributed by atoms with E-state index in [1.54, 1.807) is 18.5 Å². The number of hydrogen-bond donors (Lipinski definition) is 2. The Morgan fingerprint density at radius 1 is 1.29 bits per heavy atom. The van der Waals surface area contributed by atoms with Crippen molar-refractivity contribution in [1.29, 1.82) is 0 Å². The van der Waals surface area contributed by atoms with Gasteiger partial charge < -0.3 is 10.4 Å². The zero-order valence-electron chi connectivity index (χ0n) is 10.0. The average Bonchev–Trinajstić information content (AvgIpc) is 2.33. The number of rotatable bonds is 3. The third-order valence-corrected chi connectivity index (χ3v) is 2.69. The molecule has 1 atom stereocenters. The van der Waals surface area contributed by atoms with Crippen LogP contribution < -0.4 is 5.32 Å². The number of pyridine rings is 1. The van der Waals surface area contributed by atoms with Crippen LogP contribution in [0.4, 0.5) is 5.69 Å². The van der Waals surface area contributed by atoms with Gasteiger partial charge in [0, 0.05) is 18.0 Å². The fourth-order valence-corrected chi connectivity index (χ4v) is 1.80. The van der Waals surface area contributed by atoms with Crippen LogP contribution in [0, 0.1) is 6.92 Å². The minimum Gasteiger partial charge on any atom is -0.508 e. The Morgan fingerprint density at radius 2 is 2.12 bits per heavy atom. The summed E-state index contributed by atoms with van der Waals surface area (Å²) in [7, 11) is 0. The summed E-state index contributed by atoms with van der Waals surface area (Å²) >= 11 is 0. The van der Waals surface area contributed by atoms with Gasteiger partial charge in [0.15, 0.2) is 0 Å². The summed E-state index contributed by atoms with van der Waals surface area (Å²) in [5.41, 5.74) is 2.98. The molecular weight excluding hydrogens is 212 g/mol. The maximum absolute atomic E-state index is 9.83. The molecule has 0 saturated heterocycles. The molecule has 0 amide bonds. The quantitative estimate of drug-likeness (QED) is 0.847. The van der Waals surface area contributed by atoms with Gasteiger partial charge in [0.25, 0.3) is 0 Å². The summed E-state index contributed by atoms with van der Waals surface area (Å²) in [6.45, 7) is 4.03. The van der Waals surface area contributed by atoms with E-state index < -0.39 is 0 Å². The first-order chi connectivity index (χ1) is 8.16. The summed E-state index contributed by atoms with van der Waals surface area (Å²) in [6, 6.07) is 9.49. The van der Waals surface area contributed by atoms with Crippen molar-refractivity contribution in [3.05, 3.63) is 53.9 Å². The second kappa shape index (κ2) is 4.87. The summed E-state index contributed by atoms with van der Waals surface area (Å²) in [5, 5.41) is 13.1. The largest absolute Gasteiger partial charge is 0.508 e. The minimum atomic E-state index is 0.0408. The first-order valence-electron chi connectivity index (χ1n) is 5.63. The highest BCUT2D eigenvalue weighted by atomic mass is 16.3. The second-order valence-corrected chi connectivity index (χ2v) is 4.17. The van der Waals surface area contributed by atoms with E-state index in [1.165, 1.54) is 0 Å². The van der Waals surface area contributed by atoms with Crippen molar-refractivity contribution in [1.82, 2.24) is 4.98 Å². The highest BCUT2D eigenvalue weighted by Gasteiger charge is 2.10. The summed E-state index contributed by atoms with van der Waals surface area (Å²) < 4.78 is 0. The zero-order valence-corrected chi connectivity index (χ0v) is 10.0. The maximum Gasteiger partial charge on any atom is 0.120 e. The SMILES string of the molecule is Cc1ccc(O)c(C(C)Nc2cccnc2)c1. The van der Waals surface area contributed by atoms with E-state index in [0.29, 0.717) is 5.75 Å². The lowest BCUT2D eigenvalue weighted by Crippen LogP contribution is -2.07. The number of phenols is 1. The number of aryl methyl sites for hydroxylation is 1. The van der Waals surface area contributed by atoms with Gasteiger partial charge in [0.05, 0.1) is 11.7 Å². The van der Waals surface area contributed by atoms with Crippen molar-refractivity contribution in [2.75, 3.05) is 5.32 Å². The van der Waals surface area contributed by atoms with Gasteiger partial charge in [0.2, 0.25) is 0 Å². The third-order valence-electron chi connectivity index (χ3n) is 2.69. The van der Waals surface area contributed by atoms with E-state index in [9.17, 15) is 5.11 Å². The van der Waals surface area contributed by atoms with Crippen LogP contribution in [0.5, 0.6) is 5.75 Å². The zero-order chi connectivity index (χ0) is 12.3. The molecule has 88 valence electrons. The molecule has 1 heterocycles. The lowest BCUT2D eigenvalue weighted by molar-refractivity contribution is 0.465. The predicted octanol–water partition coefficient (Wildman–Crippen LogP) is 3.27. The van der Waals surface area contributed by atoms with Crippen LogP contribution in [-0.2, 0) is 0 Å². The Hall–Kier alpha value is -2.03. The number of aromatic hydroxyl groups is 1. The number of aromatic nitrogens is 1. The van der Waals surface area contributed by atoms with E-state index in [4.69, 9.17) is 0 Å². The molecule has 1 aromatic carbocycles. The van der Waals surface area contributed by atoms with Gasteiger partial charge in [-0.2, -0.15) is 0 Å². The molecule has 0 aliphatic carbocycles. The summed E-state index contributed by atoms with van der Waals surface area (Å²) in [5.74, 6) is 0.319. The molecule has 0 spiro atoms. The first kappa shape index (κ1) is 11.5. The Balaban J connectivity index is 2.20. The van der Waals surface area contributed by atoms with Gasteiger partial charge in [-0.3, -0.25) is 4.98 Å². The molecule has 1 unspecified atom stereocenters. The van der Waals surface area contributed by atoms with E-state index >= 15 is 0 Å². The van der Waals surface area contributed by atoms with Crippen molar-refractivity contribution >= 4 is 5.69 Å². The molecule has 0 saturated carbocycles.